The summed E-state index contributed by atoms with van der Waals surface area (Å²) in [6.45, 7) is 1.19. The Labute approximate surface area is 94.5 Å². The molecule has 2 N–H and O–H groups in total. The number of hydrogen-bond acceptors (Lipinski definition) is 3. The third kappa shape index (κ3) is 2.83. The largest absolute Gasteiger partial charge is 0.396 e. The van der Waals surface area contributed by atoms with Crippen molar-refractivity contribution in [1.29, 1.82) is 0 Å². The molecule has 1 aliphatic carbocycles. The van der Waals surface area contributed by atoms with E-state index < -0.39 is 0 Å². The Kier molecular flexibility index (Phi) is 3.12. The van der Waals surface area contributed by atoms with E-state index in [0.29, 0.717) is 10.6 Å². The van der Waals surface area contributed by atoms with Crippen molar-refractivity contribution in [3.05, 3.63) is 23.5 Å². The van der Waals surface area contributed by atoms with Gasteiger partial charge in [0.25, 0.3) is 0 Å². The van der Waals surface area contributed by atoms with Crippen LogP contribution in [0.4, 0.5) is 5.69 Å². The molecule has 1 aromatic heterocycles. The molecule has 1 aliphatic rings. The van der Waals surface area contributed by atoms with Crippen molar-refractivity contribution in [3.8, 4) is 0 Å². The summed E-state index contributed by atoms with van der Waals surface area (Å²) in [5.74, 6) is 0. The fourth-order valence-electron chi connectivity index (χ4n) is 1.73. The standard InChI is InChI=1S/C11H15ClN2O/c12-10-7-9(1-5-13-10)14-8-11(2-3-11)4-6-15/h1,5,7,15H,2-4,6,8H2,(H,13,14). The van der Waals surface area contributed by atoms with E-state index in [0.717, 1.165) is 18.7 Å². The van der Waals surface area contributed by atoms with Gasteiger partial charge in [-0.1, -0.05) is 11.6 Å². The molecule has 1 aromatic rings. The molecule has 0 aromatic carbocycles. The molecule has 0 atom stereocenters. The zero-order valence-electron chi connectivity index (χ0n) is 8.54. The summed E-state index contributed by atoms with van der Waals surface area (Å²) in [6.07, 6.45) is 4.99. The van der Waals surface area contributed by atoms with Crippen LogP contribution in [0.2, 0.25) is 5.15 Å². The fraction of sp³-hybridized carbons (Fsp3) is 0.545. The monoisotopic (exact) mass is 226 g/mol. The van der Waals surface area contributed by atoms with Crippen molar-refractivity contribution in [2.24, 2.45) is 5.41 Å². The van der Waals surface area contributed by atoms with Crippen molar-refractivity contribution in [2.45, 2.75) is 19.3 Å². The zero-order valence-corrected chi connectivity index (χ0v) is 9.30. The van der Waals surface area contributed by atoms with Gasteiger partial charge in [-0.05, 0) is 36.8 Å². The highest BCUT2D eigenvalue weighted by Crippen LogP contribution is 2.48. The normalized spacial score (nSPS) is 17.5. The first-order valence-corrected chi connectivity index (χ1v) is 5.58. The molecule has 3 nitrogen and oxygen atoms in total. The first kappa shape index (κ1) is 10.7. The van der Waals surface area contributed by atoms with Gasteiger partial charge in [0.1, 0.15) is 5.15 Å². The average Bonchev–Trinajstić information content (AvgIpc) is 2.97. The maximum absolute atomic E-state index is 8.92. The van der Waals surface area contributed by atoms with Crippen molar-refractivity contribution < 1.29 is 5.11 Å². The lowest BCUT2D eigenvalue weighted by molar-refractivity contribution is 0.253. The van der Waals surface area contributed by atoms with Crippen molar-refractivity contribution in [1.82, 2.24) is 4.98 Å². The van der Waals surface area contributed by atoms with E-state index in [1.165, 1.54) is 12.8 Å². The highest BCUT2D eigenvalue weighted by Gasteiger charge is 2.41. The molecular weight excluding hydrogens is 212 g/mol. The predicted molar refractivity (Wildman–Crippen MR) is 61.1 cm³/mol. The Morgan fingerprint density at radius 2 is 2.33 bits per heavy atom. The number of rotatable bonds is 5. The summed E-state index contributed by atoms with van der Waals surface area (Å²) < 4.78 is 0. The van der Waals surface area contributed by atoms with Gasteiger partial charge in [0.2, 0.25) is 0 Å². The summed E-state index contributed by atoms with van der Waals surface area (Å²) in [4.78, 5) is 3.92. The van der Waals surface area contributed by atoms with Crippen LogP contribution in [-0.4, -0.2) is 23.2 Å². The van der Waals surface area contributed by atoms with Crippen LogP contribution in [-0.2, 0) is 0 Å². The highest BCUT2D eigenvalue weighted by atomic mass is 35.5. The maximum atomic E-state index is 8.92. The molecule has 0 amide bonds. The molecule has 82 valence electrons. The molecule has 1 fully saturated rings. The molecule has 1 saturated carbocycles. The van der Waals surface area contributed by atoms with E-state index in [9.17, 15) is 0 Å². The van der Waals surface area contributed by atoms with Gasteiger partial charge in [0, 0.05) is 25.0 Å². The number of hydrogen-bond donors (Lipinski definition) is 2. The second-order valence-corrected chi connectivity index (χ2v) is 4.58. The number of pyridine rings is 1. The first-order valence-electron chi connectivity index (χ1n) is 5.20. The predicted octanol–water partition coefficient (Wildman–Crippen LogP) is 2.31. The maximum Gasteiger partial charge on any atom is 0.131 e. The van der Waals surface area contributed by atoms with E-state index >= 15 is 0 Å². The van der Waals surface area contributed by atoms with Crippen molar-refractivity contribution >= 4 is 17.3 Å². The highest BCUT2D eigenvalue weighted by molar-refractivity contribution is 6.29. The number of aliphatic hydroxyl groups excluding tert-OH is 1. The second kappa shape index (κ2) is 4.37. The van der Waals surface area contributed by atoms with E-state index in [-0.39, 0.29) is 6.61 Å². The van der Waals surface area contributed by atoms with Crippen LogP contribution in [0, 0.1) is 5.41 Å². The molecule has 0 saturated heterocycles. The smallest absolute Gasteiger partial charge is 0.131 e. The van der Waals surface area contributed by atoms with E-state index in [4.69, 9.17) is 16.7 Å². The fourth-order valence-corrected chi connectivity index (χ4v) is 1.90. The minimum atomic E-state index is 0.277. The molecule has 0 aliphatic heterocycles. The van der Waals surface area contributed by atoms with Crippen LogP contribution in [0.3, 0.4) is 0 Å². The summed E-state index contributed by atoms with van der Waals surface area (Å²) >= 11 is 5.78. The number of aromatic nitrogens is 1. The van der Waals surface area contributed by atoms with Gasteiger partial charge < -0.3 is 10.4 Å². The van der Waals surface area contributed by atoms with Gasteiger partial charge in [-0.3, -0.25) is 0 Å². The molecule has 0 bridgehead atoms. The van der Waals surface area contributed by atoms with E-state index in [1.54, 1.807) is 6.20 Å². The lowest BCUT2D eigenvalue weighted by Crippen LogP contribution is -2.16. The van der Waals surface area contributed by atoms with Gasteiger partial charge in [-0.25, -0.2) is 4.98 Å². The number of nitrogens with zero attached hydrogens (tertiary/aromatic N) is 1. The van der Waals surface area contributed by atoms with Crippen LogP contribution in [0.15, 0.2) is 18.3 Å². The molecule has 15 heavy (non-hydrogen) atoms. The van der Waals surface area contributed by atoms with Crippen LogP contribution in [0.5, 0.6) is 0 Å². The molecule has 4 heteroatoms. The number of halogens is 1. The molecule has 0 unspecified atom stereocenters. The van der Waals surface area contributed by atoms with Gasteiger partial charge in [0.05, 0.1) is 0 Å². The number of aliphatic hydroxyl groups is 1. The van der Waals surface area contributed by atoms with Gasteiger partial charge in [-0.15, -0.1) is 0 Å². The summed E-state index contributed by atoms with van der Waals surface area (Å²) in [5.41, 5.74) is 1.32. The lowest BCUT2D eigenvalue weighted by atomic mass is 10.0. The Morgan fingerprint density at radius 3 is 2.93 bits per heavy atom. The minimum Gasteiger partial charge on any atom is -0.396 e. The average molecular weight is 227 g/mol. The van der Waals surface area contributed by atoms with Crippen LogP contribution in [0.1, 0.15) is 19.3 Å². The summed E-state index contributed by atoms with van der Waals surface area (Å²) in [7, 11) is 0. The second-order valence-electron chi connectivity index (χ2n) is 4.19. The van der Waals surface area contributed by atoms with Crippen LogP contribution >= 0.6 is 11.6 Å². The van der Waals surface area contributed by atoms with Gasteiger partial charge in [-0.2, -0.15) is 0 Å². The number of anilines is 1. The molecule has 0 spiro atoms. The van der Waals surface area contributed by atoms with Gasteiger partial charge >= 0.3 is 0 Å². The Bertz CT molecular complexity index is 339. The van der Waals surface area contributed by atoms with Crippen LogP contribution in [0.25, 0.3) is 0 Å². The van der Waals surface area contributed by atoms with E-state index in [2.05, 4.69) is 10.3 Å². The minimum absolute atomic E-state index is 0.277. The summed E-state index contributed by atoms with van der Waals surface area (Å²) in [5, 5.41) is 12.8. The molecule has 1 heterocycles. The van der Waals surface area contributed by atoms with E-state index in [1.807, 2.05) is 12.1 Å². The van der Waals surface area contributed by atoms with Gasteiger partial charge in [0.15, 0.2) is 0 Å². The van der Waals surface area contributed by atoms with Crippen molar-refractivity contribution in [2.75, 3.05) is 18.5 Å². The number of nitrogens with one attached hydrogen (secondary N) is 1. The Morgan fingerprint density at radius 1 is 1.53 bits per heavy atom. The Hall–Kier alpha value is -0.800. The first-order chi connectivity index (χ1) is 7.24. The SMILES string of the molecule is OCCC1(CNc2ccnc(Cl)c2)CC1. The zero-order chi connectivity index (χ0) is 10.7. The molecule has 0 radical (unpaired) electrons. The summed E-state index contributed by atoms with van der Waals surface area (Å²) in [6, 6.07) is 3.72. The lowest BCUT2D eigenvalue weighted by Gasteiger charge is -2.15. The van der Waals surface area contributed by atoms with Crippen LogP contribution < -0.4 is 5.32 Å². The third-order valence-corrected chi connectivity index (χ3v) is 3.20. The quantitative estimate of drug-likeness (QED) is 0.758. The van der Waals surface area contributed by atoms with Crippen molar-refractivity contribution in [3.63, 3.8) is 0 Å². The topological polar surface area (TPSA) is 45.1 Å². The molecular formula is C11H15ClN2O. The molecule has 2 rings (SSSR count). The Balaban J connectivity index is 1.88. The third-order valence-electron chi connectivity index (χ3n) is 2.99.